The Kier molecular flexibility index (Phi) is 7.08. The lowest BCUT2D eigenvalue weighted by molar-refractivity contribution is 0.0864. The summed E-state index contributed by atoms with van der Waals surface area (Å²) in [6.07, 6.45) is 2.50. The van der Waals surface area contributed by atoms with Crippen LogP contribution in [0.25, 0.3) is 0 Å². The van der Waals surface area contributed by atoms with Crippen molar-refractivity contribution < 1.29 is 14.3 Å². The molecule has 0 aliphatic carbocycles. The molecule has 4 heteroatoms. The Hall–Kier alpha value is -3.11. The van der Waals surface area contributed by atoms with Crippen molar-refractivity contribution >= 4 is 5.78 Å². The fourth-order valence-corrected chi connectivity index (χ4v) is 5.29. The summed E-state index contributed by atoms with van der Waals surface area (Å²) in [5.74, 6) is 2.39. The van der Waals surface area contributed by atoms with Gasteiger partial charge in [0.2, 0.25) is 0 Å². The number of piperidine rings is 1. The summed E-state index contributed by atoms with van der Waals surface area (Å²) in [4.78, 5) is 13.3. The van der Waals surface area contributed by atoms with E-state index in [1.165, 1.54) is 0 Å². The summed E-state index contributed by atoms with van der Waals surface area (Å²) >= 11 is 0. The van der Waals surface area contributed by atoms with E-state index in [0.717, 1.165) is 24.2 Å². The minimum Gasteiger partial charge on any atom is -0.485 e. The molecule has 0 spiro atoms. The molecule has 0 unspecified atom stereocenters. The predicted molar refractivity (Wildman–Crippen MR) is 137 cm³/mol. The van der Waals surface area contributed by atoms with Crippen LogP contribution < -0.4 is 14.8 Å². The normalized spacial score (nSPS) is 17.2. The number of ketones is 1. The van der Waals surface area contributed by atoms with E-state index in [9.17, 15) is 4.79 Å². The summed E-state index contributed by atoms with van der Waals surface area (Å²) < 4.78 is 12.2. The molecule has 0 amide bonds. The minimum absolute atomic E-state index is 0.0179. The van der Waals surface area contributed by atoms with E-state index in [4.69, 9.17) is 9.47 Å². The Labute approximate surface area is 203 Å². The number of ether oxygens (including phenoxy) is 2. The zero-order valence-electron chi connectivity index (χ0n) is 20.6. The Balaban J connectivity index is 1.54. The second kappa shape index (κ2) is 10.0. The van der Waals surface area contributed by atoms with E-state index >= 15 is 0 Å². The predicted octanol–water partition coefficient (Wildman–Crippen LogP) is 7.19. The van der Waals surface area contributed by atoms with Gasteiger partial charge < -0.3 is 14.8 Å². The maximum absolute atomic E-state index is 13.3. The molecule has 4 rings (SSSR count). The average Bonchev–Trinajstić information content (AvgIpc) is 2.77. The van der Waals surface area contributed by atoms with Gasteiger partial charge in [-0.05, 0) is 82.3 Å². The van der Waals surface area contributed by atoms with Crippen molar-refractivity contribution in [3.8, 4) is 17.2 Å². The first-order valence-corrected chi connectivity index (χ1v) is 12.1. The highest BCUT2D eigenvalue weighted by atomic mass is 16.5. The molecular formula is C30H35NO3. The van der Waals surface area contributed by atoms with E-state index in [0.29, 0.717) is 36.0 Å². The van der Waals surface area contributed by atoms with E-state index in [1.54, 1.807) is 0 Å². The zero-order valence-corrected chi connectivity index (χ0v) is 20.6. The smallest absolute Gasteiger partial charge is 0.169 e. The van der Waals surface area contributed by atoms with Crippen LogP contribution in [0, 0.1) is 5.92 Å². The lowest BCUT2D eigenvalue weighted by Gasteiger charge is -2.46. The van der Waals surface area contributed by atoms with Gasteiger partial charge in [-0.1, -0.05) is 48.5 Å². The van der Waals surface area contributed by atoms with Crippen LogP contribution in [0.2, 0.25) is 0 Å². The zero-order chi connectivity index (χ0) is 24.2. The number of hydrogen-bond acceptors (Lipinski definition) is 4. The number of Topliss-reactive ketones (excluding diaryl/α,β-unsaturated/α-hetero) is 1. The maximum atomic E-state index is 13.3. The van der Waals surface area contributed by atoms with Gasteiger partial charge in [0.1, 0.15) is 12.4 Å². The van der Waals surface area contributed by atoms with Crippen LogP contribution in [0.15, 0.2) is 78.9 Å². The topological polar surface area (TPSA) is 47.6 Å². The summed E-state index contributed by atoms with van der Waals surface area (Å²) in [7, 11) is 0. The molecule has 3 aromatic carbocycles. The number of hydrogen-bond donors (Lipinski definition) is 1. The van der Waals surface area contributed by atoms with Crippen molar-refractivity contribution in [2.45, 2.75) is 64.6 Å². The van der Waals surface area contributed by atoms with Crippen molar-refractivity contribution in [1.29, 1.82) is 0 Å². The molecule has 1 fully saturated rings. The first-order chi connectivity index (χ1) is 16.2. The van der Waals surface area contributed by atoms with Gasteiger partial charge in [0.15, 0.2) is 17.3 Å². The number of rotatable bonds is 8. The maximum Gasteiger partial charge on any atom is 0.169 e. The van der Waals surface area contributed by atoms with E-state index in [1.807, 2.05) is 78.9 Å². The van der Waals surface area contributed by atoms with Crippen molar-refractivity contribution in [3.63, 3.8) is 0 Å². The molecule has 0 bridgehead atoms. The van der Waals surface area contributed by atoms with Crippen LogP contribution in [0.4, 0.5) is 0 Å². The second-order valence-electron chi connectivity index (χ2n) is 10.6. The standard InChI is InChI=1S/C30H35NO3/c1-29(2)19-23(20-30(3,4)31-29)17-26(32)24-15-16-27(34-25-13-9-6-10-14-25)28(18-24)33-21-22-11-7-5-8-12-22/h5-16,18,23,31H,17,19-21H2,1-4H3. The van der Waals surface area contributed by atoms with Crippen molar-refractivity contribution in [3.05, 3.63) is 90.0 Å². The molecule has 1 aliphatic heterocycles. The Bertz CT molecular complexity index is 1090. The molecule has 1 saturated heterocycles. The lowest BCUT2D eigenvalue weighted by Crippen LogP contribution is -2.57. The van der Waals surface area contributed by atoms with Crippen molar-refractivity contribution in [2.24, 2.45) is 5.92 Å². The molecular weight excluding hydrogens is 422 g/mol. The van der Waals surface area contributed by atoms with Crippen LogP contribution >= 0.6 is 0 Å². The van der Waals surface area contributed by atoms with Crippen LogP contribution in [0.3, 0.4) is 0 Å². The molecule has 178 valence electrons. The van der Waals surface area contributed by atoms with Crippen LogP contribution in [0.1, 0.15) is 62.9 Å². The molecule has 0 saturated carbocycles. The van der Waals surface area contributed by atoms with E-state index in [-0.39, 0.29) is 16.9 Å². The van der Waals surface area contributed by atoms with Gasteiger partial charge >= 0.3 is 0 Å². The number of nitrogens with one attached hydrogen (secondary N) is 1. The van der Waals surface area contributed by atoms with Gasteiger partial charge in [0.25, 0.3) is 0 Å². The highest BCUT2D eigenvalue weighted by molar-refractivity contribution is 5.96. The molecule has 0 radical (unpaired) electrons. The quantitative estimate of drug-likeness (QED) is 0.364. The number of carbonyl (C=O) groups is 1. The van der Waals surface area contributed by atoms with Gasteiger partial charge in [-0.15, -0.1) is 0 Å². The number of benzene rings is 3. The van der Waals surface area contributed by atoms with Gasteiger partial charge in [0, 0.05) is 23.1 Å². The molecule has 0 atom stereocenters. The van der Waals surface area contributed by atoms with Crippen LogP contribution in [0.5, 0.6) is 17.2 Å². The molecule has 34 heavy (non-hydrogen) atoms. The SMILES string of the molecule is CC1(C)CC(CC(=O)c2ccc(Oc3ccccc3)c(OCc3ccccc3)c2)CC(C)(C)N1. The van der Waals surface area contributed by atoms with Crippen LogP contribution in [-0.2, 0) is 6.61 Å². The van der Waals surface area contributed by atoms with Gasteiger partial charge in [0.05, 0.1) is 0 Å². The fourth-order valence-electron chi connectivity index (χ4n) is 5.29. The van der Waals surface area contributed by atoms with Crippen molar-refractivity contribution in [1.82, 2.24) is 5.32 Å². The highest BCUT2D eigenvalue weighted by Crippen LogP contribution is 2.37. The van der Waals surface area contributed by atoms with Gasteiger partial charge in [-0.3, -0.25) is 4.79 Å². The number of para-hydroxylation sites is 1. The number of carbonyl (C=O) groups excluding carboxylic acids is 1. The van der Waals surface area contributed by atoms with Crippen LogP contribution in [-0.4, -0.2) is 16.9 Å². The van der Waals surface area contributed by atoms with E-state index in [2.05, 4.69) is 33.0 Å². The summed E-state index contributed by atoms with van der Waals surface area (Å²) in [5, 5.41) is 3.70. The molecule has 4 nitrogen and oxygen atoms in total. The first kappa shape index (κ1) is 24.0. The monoisotopic (exact) mass is 457 g/mol. The molecule has 3 aromatic rings. The average molecular weight is 458 g/mol. The molecule has 0 aromatic heterocycles. The Morgan fingerprint density at radius 3 is 2.12 bits per heavy atom. The fraction of sp³-hybridized carbons (Fsp3) is 0.367. The van der Waals surface area contributed by atoms with Gasteiger partial charge in [-0.25, -0.2) is 0 Å². The van der Waals surface area contributed by atoms with Gasteiger partial charge in [-0.2, -0.15) is 0 Å². The third kappa shape index (κ3) is 6.48. The van der Waals surface area contributed by atoms with Crippen molar-refractivity contribution in [2.75, 3.05) is 0 Å². The first-order valence-electron chi connectivity index (χ1n) is 12.1. The summed E-state index contributed by atoms with van der Waals surface area (Å²) in [6, 6.07) is 25.2. The third-order valence-electron chi connectivity index (χ3n) is 6.22. The highest BCUT2D eigenvalue weighted by Gasteiger charge is 2.38. The Morgan fingerprint density at radius 1 is 0.853 bits per heavy atom. The lowest BCUT2D eigenvalue weighted by atomic mass is 9.74. The molecule has 1 aliphatic rings. The summed E-state index contributed by atoms with van der Waals surface area (Å²) in [5.41, 5.74) is 1.76. The third-order valence-corrected chi connectivity index (χ3v) is 6.22. The molecule has 1 heterocycles. The summed E-state index contributed by atoms with van der Waals surface area (Å²) in [6.45, 7) is 9.28. The minimum atomic E-state index is 0.0179. The largest absolute Gasteiger partial charge is 0.485 e. The Morgan fingerprint density at radius 2 is 1.47 bits per heavy atom. The molecule has 1 N–H and O–H groups in total. The van der Waals surface area contributed by atoms with E-state index < -0.39 is 0 Å². The second-order valence-corrected chi connectivity index (χ2v) is 10.6.